The van der Waals surface area contributed by atoms with Gasteiger partial charge in [0.2, 0.25) is 17.8 Å². The molecule has 0 aliphatic carbocycles. The summed E-state index contributed by atoms with van der Waals surface area (Å²) >= 11 is 0. The summed E-state index contributed by atoms with van der Waals surface area (Å²) in [7, 11) is -29.6. The van der Waals surface area contributed by atoms with Crippen LogP contribution in [0.2, 0.25) is 0 Å². The van der Waals surface area contributed by atoms with Gasteiger partial charge >= 0.3 is 98.0 Å². The number of phosphoric acid groups is 5. The Morgan fingerprint density at radius 3 is 0.958 bits per heavy atom. The first-order valence-corrected chi connectivity index (χ1v) is 52.0. The van der Waals surface area contributed by atoms with Gasteiger partial charge in [0.1, 0.15) is 128 Å². The van der Waals surface area contributed by atoms with E-state index in [0.29, 0.717) is 5.69 Å². The second kappa shape index (κ2) is 43.8. The van der Waals surface area contributed by atoms with Crippen LogP contribution in [0.1, 0.15) is 90.5 Å². The quantitative estimate of drug-likeness (QED) is 0.0520. The van der Waals surface area contributed by atoms with Gasteiger partial charge in [-0.3, -0.25) is 106 Å². The number of aromatic nitrogens is 21. The Balaban J connectivity index is 0.000000175. The number of H-pyrrole nitrogens is 3. The molecule has 21 rings (SSSR count). The average Bonchev–Trinajstić information content (AvgIpc) is 1.61. The molecule has 9 saturated heterocycles. The molecule has 12 aromatic rings. The fourth-order valence-corrected chi connectivity index (χ4v) is 22.3. The Hall–Kier alpha value is -8.11. The molecule has 9 aliphatic rings. The van der Waals surface area contributed by atoms with Crippen molar-refractivity contribution >= 4 is 132 Å². The maximum absolute atomic E-state index is 13.6. The van der Waals surface area contributed by atoms with E-state index in [0.717, 1.165) is 35.0 Å². The molecule has 21 heterocycles. The van der Waals surface area contributed by atoms with E-state index in [4.69, 9.17) is 123 Å². The van der Waals surface area contributed by atoms with Crippen LogP contribution in [0.15, 0.2) is 89.1 Å². The summed E-state index contributed by atoms with van der Waals surface area (Å²) in [5.74, 6) is -0.537. The average molecular weight is 2170 g/mol. The fraction of sp³-hybridized carbons (Fsp3) is 0.529. The van der Waals surface area contributed by atoms with E-state index < -0.39 is 250 Å². The molecular weight excluding hydrogens is 2070 g/mol. The van der Waals surface area contributed by atoms with Gasteiger partial charge < -0.3 is 140 Å². The molecule has 0 spiro atoms. The van der Waals surface area contributed by atoms with E-state index in [2.05, 4.69) is 88.6 Å². The zero-order valence-electron chi connectivity index (χ0n) is 77.8. The molecule has 66 nitrogen and oxygen atoms in total. The summed E-state index contributed by atoms with van der Waals surface area (Å²) in [6, 6.07) is 0. The van der Waals surface area contributed by atoms with Gasteiger partial charge in [0.05, 0.1) is 94.3 Å². The van der Waals surface area contributed by atoms with Gasteiger partial charge in [-0.2, -0.15) is 15.0 Å². The van der Waals surface area contributed by atoms with Crippen LogP contribution in [-0.2, 0) is 110 Å². The van der Waals surface area contributed by atoms with Crippen LogP contribution >= 0.6 is 46.7 Å². The number of unbranched alkanes of at least 4 members (excludes halogenated alkanes) is 1. The number of aliphatic hydroxyl groups excluding tert-OH is 6. The Morgan fingerprint density at radius 2 is 0.653 bits per heavy atom. The predicted octanol–water partition coefficient (Wildman–Crippen LogP) is -9.59. The predicted molar refractivity (Wildman–Crippen MR) is 473 cm³/mol. The summed E-state index contributed by atoms with van der Waals surface area (Å²) in [6.45, 7) is 3.54. The van der Waals surface area contributed by atoms with Gasteiger partial charge in [-0.15, -0.1) is 0 Å². The summed E-state index contributed by atoms with van der Waals surface area (Å²) in [5.41, 5.74) is 38.2. The number of aliphatic hydroxyl groups is 6. The molecule has 0 aromatic carbocycles. The second-order valence-corrected chi connectivity index (χ2v) is 41.5. The van der Waals surface area contributed by atoms with Crippen molar-refractivity contribution in [2.45, 2.75) is 180 Å². The minimum Gasteiger partial charge on any atom is -1.00 e. The van der Waals surface area contributed by atoms with E-state index >= 15 is 0 Å². The number of ether oxygens (including phenoxy) is 6. The van der Waals surface area contributed by atoms with Crippen LogP contribution in [0.5, 0.6) is 0 Å². The minimum atomic E-state index is -5.35. The number of nitrogens with two attached hydrogens (primary N) is 7. The molecule has 776 valence electrons. The Bertz CT molecular complexity index is 6550. The molecule has 9 fully saturated rings. The molecule has 30 unspecified atom stereocenters. The molecule has 0 radical (unpaired) electrons. The number of aromatic amines is 3. The van der Waals surface area contributed by atoms with Gasteiger partial charge in [0.25, 0.3) is 24.5 Å². The Morgan fingerprint density at radius 1 is 0.382 bits per heavy atom. The van der Waals surface area contributed by atoms with Crippen LogP contribution in [-0.4, -0.2) is 315 Å². The zero-order valence-corrected chi connectivity index (χ0v) is 85.2. The molecule has 27 N–H and O–H groups in total. The van der Waals surface area contributed by atoms with Crippen LogP contribution in [0, 0.1) is 0 Å². The van der Waals surface area contributed by atoms with E-state index in [1.807, 2.05) is 6.92 Å². The molecule has 0 saturated carbocycles. The first-order valence-electron chi connectivity index (χ1n) is 42.6. The number of nitrogen functional groups attached to an aromatic ring is 6. The molecule has 144 heavy (non-hydrogen) atoms. The van der Waals surface area contributed by atoms with Gasteiger partial charge in [0, 0.05) is 43.8 Å². The van der Waals surface area contributed by atoms with Crippen LogP contribution in [0.4, 0.5) is 35.3 Å². The van der Waals surface area contributed by atoms with E-state index in [-0.39, 0.29) is 159 Å². The Kier molecular flexibility index (Phi) is 33.5. The SMILES string of the molecule is CCCC.CCN.CP1(=O)OCC2OC(c3cnc4c(N)nccn34)C(O)C2OP(=O)(O)OCC2OC(n3cnc4c(=O)[nH]c(N)nc43)C(O1)C2O.Nc1nc2c(ncn2C2OC3COP(=O)(O)OC4C(COP(=O)(O)OC2C3O)OC(c2cnc3c(N)nccn23)C4O)c(=O)[nH]1.Nc1nc2c(ncn2C2OC3COP(=O)(O)OC4C(COP(=O)([O-])OC2C3O)OC(c2cnc3c(N)nccn23)C4O)c(=O)[nH]1.[H-].[H-].[Na+].[Na+]. The summed E-state index contributed by atoms with van der Waals surface area (Å²) in [6.07, 6.45) is -17.7. The Labute approximate surface area is 852 Å². The van der Waals surface area contributed by atoms with Crippen molar-refractivity contribution in [1.29, 1.82) is 0 Å². The van der Waals surface area contributed by atoms with E-state index in [9.17, 15) is 96.9 Å². The molecular formula is C70H95N28Na2O38P6-. The third-order valence-corrected chi connectivity index (χ3v) is 29.2. The van der Waals surface area contributed by atoms with Gasteiger partial charge in [-0.25, -0.2) is 63.1 Å². The second-order valence-electron chi connectivity index (χ2n) is 32.5. The summed E-state index contributed by atoms with van der Waals surface area (Å²) < 4.78 is 186. The number of anilines is 6. The van der Waals surface area contributed by atoms with Crippen molar-refractivity contribution in [3.05, 3.63) is 123 Å². The first-order chi connectivity index (χ1) is 67.3. The molecule has 9 aliphatic heterocycles. The number of imidazole rings is 6. The fourth-order valence-electron chi connectivity index (χ4n) is 16.4. The van der Waals surface area contributed by atoms with Crippen molar-refractivity contribution < 1.29 is 227 Å². The molecule has 6 bridgehead atoms. The van der Waals surface area contributed by atoms with E-state index in [1.54, 1.807) is 0 Å². The van der Waals surface area contributed by atoms with Gasteiger partial charge in [0.15, 0.2) is 86.6 Å². The van der Waals surface area contributed by atoms with Crippen molar-refractivity contribution in [2.75, 3.05) is 87.3 Å². The maximum atomic E-state index is 13.6. The maximum Gasteiger partial charge on any atom is 1.00 e. The van der Waals surface area contributed by atoms with Crippen molar-refractivity contribution in [2.24, 2.45) is 5.73 Å². The van der Waals surface area contributed by atoms with E-state index in [1.165, 1.54) is 92.7 Å². The van der Waals surface area contributed by atoms with Crippen molar-refractivity contribution in [3.63, 3.8) is 0 Å². The van der Waals surface area contributed by atoms with Crippen LogP contribution < -0.4 is 121 Å². The normalized spacial score (nSPS) is 35.7. The van der Waals surface area contributed by atoms with Crippen LogP contribution in [0.25, 0.3) is 50.4 Å². The first kappa shape index (κ1) is 110. The molecule has 12 aromatic heterocycles. The number of rotatable bonds is 7. The third-order valence-electron chi connectivity index (χ3n) is 23.0. The van der Waals surface area contributed by atoms with Crippen molar-refractivity contribution in [3.8, 4) is 0 Å². The van der Waals surface area contributed by atoms with Gasteiger partial charge in [-0.1, -0.05) is 33.6 Å². The molecule has 30 atom stereocenters. The standard InChI is InChI=1S/C22H27N9O12P2.2C21H25N9O13P2.C4H10.C2H7N.2Na.2H/c1-44(35)38-6-10-15(13(33)14(40-10)8-4-26-19-17(23)25-2-3-30(8)19)43-45(36,37)39-5-9-12(32)16(42-44)21(41-9)31-7-27-11-18(31)28-22(24)29-20(11)34;2*22-16-18-25-3-7(29(18)2-1-24-16)13-12(32)14-9(40-13)5-39-45(36,37)43-15-11(31)8(4-38-44(34,35)42-14)41-20(15)30-6-26-10-17(30)27-21(23)28-19(10)33;1-3-4-2;1-2-3;;;;/h2-4,7,9-10,12-16,21,32-33H,5-6H2,1H3,(H2,23,25)(H,36,37)(H3,24,28,29,34);2*1-3,6,8-9,11-15,20,31-32H,4-5H2,(H2,22,24)(H,34,35)(H,36,37)(H3,23,27,28,33);3-4H2,1-2H3;2-3H2,1H3;;;;/q;;;;;2*+1;2*-1/p-1. The largest absolute Gasteiger partial charge is 1.00 e. The third kappa shape index (κ3) is 22.7. The number of hydrogen-bond acceptors (Lipinski definition) is 53. The number of fused-ring (bicyclic) bond motifs is 15. The zero-order chi connectivity index (χ0) is 102. The summed E-state index contributed by atoms with van der Waals surface area (Å²) in [5, 5.41) is 66.6. The summed E-state index contributed by atoms with van der Waals surface area (Å²) in [4.78, 5) is 148. The number of nitrogens with zero attached hydrogens (tertiary/aromatic N) is 18. The molecule has 0 amide bonds. The molecule has 74 heteroatoms. The van der Waals surface area contributed by atoms with Crippen molar-refractivity contribution in [1.82, 2.24) is 102 Å². The monoisotopic (exact) mass is 2170 g/mol. The number of phosphoric ester groups is 5. The smallest absolute Gasteiger partial charge is 1.00 e. The number of nitrogens with one attached hydrogen (secondary N) is 3. The topological polar surface area (TPSA) is 957 Å². The van der Waals surface area contributed by atoms with Gasteiger partial charge in [-0.05, 0) is 6.54 Å². The number of hydrogen-bond donors (Lipinski definition) is 20. The van der Waals surface area contributed by atoms with Crippen LogP contribution in [0.3, 0.4) is 0 Å². The minimum absolute atomic E-state index is 0.